The van der Waals surface area contributed by atoms with E-state index in [9.17, 15) is 0 Å². The van der Waals surface area contributed by atoms with E-state index in [1.165, 1.54) is 48.2 Å². The van der Waals surface area contributed by atoms with Gasteiger partial charge in [-0.15, -0.1) is 12.4 Å². The Morgan fingerprint density at radius 3 is 2.55 bits per heavy atom. The van der Waals surface area contributed by atoms with Gasteiger partial charge in [-0.1, -0.05) is 12.1 Å². The molecule has 0 spiro atoms. The molecular formula is C17H21ClN2. The number of hydrogen-bond donors (Lipinski definition) is 2. The Bertz CT molecular complexity index is 592. The van der Waals surface area contributed by atoms with Gasteiger partial charge in [0.2, 0.25) is 0 Å². The van der Waals surface area contributed by atoms with E-state index in [0.29, 0.717) is 0 Å². The number of H-pyrrole nitrogens is 1. The zero-order valence-electron chi connectivity index (χ0n) is 11.7. The van der Waals surface area contributed by atoms with Crippen molar-refractivity contribution in [1.29, 1.82) is 0 Å². The maximum absolute atomic E-state index is 3.62. The van der Waals surface area contributed by atoms with Crippen molar-refractivity contribution in [2.75, 3.05) is 6.54 Å². The molecule has 0 saturated carbocycles. The van der Waals surface area contributed by atoms with Gasteiger partial charge in [-0.2, -0.15) is 0 Å². The summed E-state index contributed by atoms with van der Waals surface area (Å²) in [5.41, 5.74) is 8.64. The lowest BCUT2D eigenvalue weighted by Crippen LogP contribution is -2.22. The van der Waals surface area contributed by atoms with Crippen molar-refractivity contribution >= 4 is 12.4 Å². The molecule has 0 amide bonds. The lowest BCUT2D eigenvalue weighted by molar-refractivity contribution is 0.638. The summed E-state index contributed by atoms with van der Waals surface area (Å²) in [5, 5.41) is 3.44. The predicted octanol–water partition coefficient (Wildman–Crippen LogP) is 3.63. The largest absolute Gasteiger partial charge is 0.358 e. The average molecular weight is 289 g/mol. The Morgan fingerprint density at radius 1 is 0.850 bits per heavy atom. The smallest absolute Gasteiger partial charge is 0.0459 e. The first-order valence-corrected chi connectivity index (χ1v) is 7.44. The predicted molar refractivity (Wildman–Crippen MR) is 85.5 cm³/mol. The number of nitrogens with one attached hydrogen (secondary N) is 2. The fraction of sp³-hybridized carbons (Fsp3) is 0.412. The van der Waals surface area contributed by atoms with Crippen molar-refractivity contribution in [3.05, 3.63) is 46.6 Å². The van der Waals surface area contributed by atoms with Gasteiger partial charge in [-0.3, -0.25) is 0 Å². The molecule has 20 heavy (non-hydrogen) atoms. The molecule has 3 heteroatoms. The van der Waals surface area contributed by atoms with Gasteiger partial charge in [0, 0.05) is 30.9 Å². The Morgan fingerprint density at radius 2 is 1.70 bits per heavy atom. The van der Waals surface area contributed by atoms with Crippen molar-refractivity contribution in [2.45, 2.75) is 38.6 Å². The SMILES string of the molecule is Cl.c1cc2c(cc1-c1cc3c([nH]1)CCNC3)CCCC2. The molecule has 2 N–H and O–H groups in total. The number of fused-ring (bicyclic) bond motifs is 2. The maximum Gasteiger partial charge on any atom is 0.0459 e. The van der Waals surface area contributed by atoms with Crippen LogP contribution in [0.3, 0.4) is 0 Å². The highest BCUT2D eigenvalue weighted by atomic mass is 35.5. The van der Waals surface area contributed by atoms with Crippen LogP contribution in [0.2, 0.25) is 0 Å². The van der Waals surface area contributed by atoms with Gasteiger partial charge in [0.15, 0.2) is 0 Å². The van der Waals surface area contributed by atoms with E-state index in [-0.39, 0.29) is 12.4 Å². The Hall–Kier alpha value is -1.25. The van der Waals surface area contributed by atoms with Gasteiger partial charge < -0.3 is 10.3 Å². The number of aromatic nitrogens is 1. The molecule has 0 saturated heterocycles. The highest BCUT2D eigenvalue weighted by Crippen LogP contribution is 2.29. The van der Waals surface area contributed by atoms with E-state index in [4.69, 9.17) is 0 Å². The third kappa shape index (κ3) is 2.38. The zero-order valence-corrected chi connectivity index (χ0v) is 12.5. The molecule has 0 bridgehead atoms. The minimum Gasteiger partial charge on any atom is -0.358 e. The van der Waals surface area contributed by atoms with E-state index in [2.05, 4.69) is 34.6 Å². The van der Waals surface area contributed by atoms with Gasteiger partial charge in [0.05, 0.1) is 0 Å². The summed E-state index contributed by atoms with van der Waals surface area (Å²) in [6.45, 7) is 2.11. The van der Waals surface area contributed by atoms with Crippen LogP contribution in [0.1, 0.15) is 35.2 Å². The summed E-state index contributed by atoms with van der Waals surface area (Å²) in [6.07, 6.45) is 6.35. The van der Waals surface area contributed by atoms with Gasteiger partial charge >= 0.3 is 0 Å². The molecule has 4 rings (SSSR count). The van der Waals surface area contributed by atoms with Gasteiger partial charge in [0.25, 0.3) is 0 Å². The highest BCUT2D eigenvalue weighted by molar-refractivity contribution is 5.85. The Labute approximate surface area is 126 Å². The molecule has 0 atom stereocenters. The van der Waals surface area contributed by atoms with Crippen LogP contribution >= 0.6 is 12.4 Å². The number of hydrogen-bond acceptors (Lipinski definition) is 1. The van der Waals surface area contributed by atoms with Gasteiger partial charge in [-0.25, -0.2) is 0 Å². The first-order chi connectivity index (χ1) is 9.40. The number of aryl methyl sites for hydroxylation is 2. The van der Waals surface area contributed by atoms with Crippen molar-refractivity contribution in [3.63, 3.8) is 0 Å². The summed E-state index contributed by atoms with van der Waals surface area (Å²) in [7, 11) is 0. The first-order valence-electron chi connectivity index (χ1n) is 7.44. The summed E-state index contributed by atoms with van der Waals surface area (Å²) >= 11 is 0. The van der Waals surface area contributed by atoms with Crippen molar-refractivity contribution < 1.29 is 0 Å². The normalized spacial score (nSPS) is 17.0. The van der Waals surface area contributed by atoms with Gasteiger partial charge in [-0.05, 0) is 60.1 Å². The summed E-state index contributed by atoms with van der Waals surface area (Å²) in [5.74, 6) is 0. The van der Waals surface area contributed by atoms with Crippen LogP contribution in [0.25, 0.3) is 11.3 Å². The Kier molecular flexibility index (Phi) is 3.86. The van der Waals surface area contributed by atoms with E-state index < -0.39 is 0 Å². The number of aromatic amines is 1. The third-order valence-corrected chi connectivity index (χ3v) is 4.52. The average Bonchev–Trinajstić information content (AvgIpc) is 2.90. The zero-order chi connectivity index (χ0) is 12.7. The van der Waals surface area contributed by atoms with Crippen LogP contribution in [-0.4, -0.2) is 11.5 Å². The van der Waals surface area contributed by atoms with Crippen molar-refractivity contribution in [3.8, 4) is 11.3 Å². The molecular weight excluding hydrogens is 268 g/mol. The molecule has 2 heterocycles. The second-order valence-electron chi connectivity index (χ2n) is 5.80. The topological polar surface area (TPSA) is 27.8 Å². The molecule has 0 unspecified atom stereocenters. The first kappa shape index (κ1) is 13.7. The summed E-state index contributed by atoms with van der Waals surface area (Å²) in [4.78, 5) is 3.62. The lowest BCUT2D eigenvalue weighted by Gasteiger charge is -2.16. The van der Waals surface area contributed by atoms with Crippen molar-refractivity contribution in [2.24, 2.45) is 0 Å². The number of rotatable bonds is 1. The second kappa shape index (κ2) is 5.63. The molecule has 1 aromatic carbocycles. The van der Waals surface area contributed by atoms with Crippen LogP contribution in [0.15, 0.2) is 24.3 Å². The minimum absolute atomic E-state index is 0. The van der Waals surface area contributed by atoms with E-state index in [1.54, 1.807) is 11.1 Å². The highest BCUT2D eigenvalue weighted by Gasteiger charge is 2.15. The van der Waals surface area contributed by atoms with Crippen LogP contribution in [0.5, 0.6) is 0 Å². The molecule has 106 valence electrons. The fourth-order valence-corrected chi connectivity index (χ4v) is 3.41. The standard InChI is InChI=1S/C17H20N2.ClH/c1-2-4-13-9-14(6-5-12(13)3-1)17-10-15-11-18-8-7-16(15)19-17;/h5-6,9-10,18-19H,1-4,7-8,11H2;1H. The Balaban J connectivity index is 0.00000121. The van der Waals surface area contributed by atoms with E-state index >= 15 is 0 Å². The molecule has 1 aliphatic heterocycles. The molecule has 0 radical (unpaired) electrons. The second-order valence-corrected chi connectivity index (χ2v) is 5.80. The number of halogens is 1. The fourth-order valence-electron chi connectivity index (χ4n) is 3.41. The molecule has 0 fully saturated rings. The third-order valence-electron chi connectivity index (χ3n) is 4.52. The number of benzene rings is 1. The van der Waals surface area contributed by atoms with E-state index in [0.717, 1.165) is 19.5 Å². The van der Waals surface area contributed by atoms with Crippen molar-refractivity contribution in [1.82, 2.24) is 10.3 Å². The molecule has 1 aliphatic carbocycles. The van der Waals surface area contributed by atoms with Crippen LogP contribution < -0.4 is 5.32 Å². The lowest BCUT2D eigenvalue weighted by atomic mass is 9.90. The molecule has 2 nitrogen and oxygen atoms in total. The van der Waals surface area contributed by atoms with Crippen LogP contribution in [0.4, 0.5) is 0 Å². The minimum atomic E-state index is 0. The van der Waals surface area contributed by atoms with E-state index in [1.807, 2.05) is 0 Å². The van der Waals surface area contributed by atoms with Crippen LogP contribution in [-0.2, 0) is 25.8 Å². The van der Waals surface area contributed by atoms with Gasteiger partial charge in [0.1, 0.15) is 0 Å². The molecule has 2 aromatic rings. The quantitative estimate of drug-likeness (QED) is 0.824. The summed E-state index contributed by atoms with van der Waals surface area (Å²) in [6, 6.07) is 9.35. The summed E-state index contributed by atoms with van der Waals surface area (Å²) < 4.78 is 0. The monoisotopic (exact) mass is 288 g/mol. The molecule has 2 aliphatic rings. The maximum atomic E-state index is 3.62. The van der Waals surface area contributed by atoms with Crippen LogP contribution in [0, 0.1) is 0 Å². The molecule has 1 aromatic heterocycles.